The predicted molar refractivity (Wildman–Crippen MR) is 98.0 cm³/mol. The van der Waals surface area contributed by atoms with Gasteiger partial charge in [0.2, 0.25) is 0 Å². The highest BCUT2D eigenvalue weighted by Crippen LogP contribution is 2.56. The van der Waals surface area contributed by atoms with E-state index in [0.717, 1.165) is 16.7 Å². The Kier molecular flexibility index (Phi) is 4.17. The quantitative estimate of drug-likeness (QED) is 0.747. The van der Waals surface area contributed by atoms with E-state index in [-0.39, 0.29) is 18.0 Å². The second-order valence-electron chi connectivity index (χ2n) is 7.62. The lowest BCUT2D eigenvalue weighted by Gasteiger charge is -2.36. The van der Waals surface area contributed by atoms with E-state index in [2.05, 4.69) is 0 Å². The monoisotopic (exact) mass is 366 g/mol. The van der Waals surface area contributed by atoms with Gasteiger partial charge in [0.25, 0.3) is 0 Å². The zero-order valence-corrected chi connectivity index (χ0v) is 15.7. The van der Waals surface area contributed by atoms with Crippen molar-refractivity contribution >= 4 is 11.9 Å². The molecule has 0 bridgehead atoms. The number of cyclic esters (lactones) is 1. The molecule has 0 unspecified atom stereocenters. The number of ether oxygens (including phenoxy) is 2. The number of carbonyl (C=O) groups excluding carboxylic acids is 2. The number of fused-ring (bicyclic) bond motifs is 1. The highest BCUT2D eigenvalue weighted by molar-refractivity contribution is 5.94. The van der Waals surface area contributed by atoms with Crippen LogP contribution in [0.5, 0.6) is 0 Å². The first-order valence-corrected chi connectivity index (χ1v) is 9.12. The van der Waals surface area contributed by atoms with Crippen LogP contribution in [0.4, 0.5) is 0 Å². The Hall–Kier alpha value is -2.82. The Balaban J connectivity index is 1.61. The molecule has 27 heavy (non-hydrogen) atoms. The molecule has 1 aromatic carbocycles. The van der Waals surface area contributed by atoms with Crippen LogP contribution >= 0.6 is 0 Å². The summed E-state index contributed by atoms with van der Waals surface area (Å²) in [6, 6.07) is 9.09. The van der Waals surface area contributed by atoms with E-state index in [1.807, 2.05) is 39.0 Å². The topological polar surface area (TPSA) is 65.7 Å². The fraction of sp³-hybridized carbons (Fsp3) is 0.364. The minimum Gasteiger partial charge on any atom is -0.472 e. The lowest BCUT2D eigenvalue weighted by atomic mass is 9.67. The molecule has 0 radical (unpaired) electrons. The number of benzene rings is 1. The van der Waals surface area contributed by atoms with Crippen LogP contribution < -0.4 is 0 Å². The Bertz CT molecular complexity index is 907. The maximum absolute atomic E-state index is 12.6. The summed E-state index contributed by atoms with van der Waals surface area (Å²) in [5.41, 5.74) is 3.40. The van der Waals surface area contributed by atoms with E-state index in [4.69, 9.17) is 13.9 Å². The molecule has 140 valence electrons. The minimum absolute atomic E-state index is 0.336. The lowest BCUT2D eigenvalue weighted by Crippen LogP contribution is -2.34. The molecule has 2 heterocycles. The maximum atomic E-state index is 12.6. The molecule has 0 saturated carbocycles. The molecule has 1 aliphatic heterocycles. The summed E-state index contributed by atoms with van der Waals surface area (Å²) in [5.74, 6) is -0.710. The van der Waals surface area contributed by atoms with Gasteiger partial charge in [0.15, 0.2) is 0 Å². The SMILES string of the molecule is CC1=C2C(=O)O[C@@H](c3ccoc3)[C@]2(C)CC[C@H]1OC(=O)c1ccc(C)cc1. The van der Waals surface area contributed by atoms with Crippen LogP contribution in [0.1, 0.15) is 54.3 Å². The van der Waals surface area contributed by atoms with Gasteiger partial charge in [0, 0.05) is 16.6 Å². The molecule has 5 nitrogen and oxygen atoms in total. The third kappa shape index (κ3) is 2.87. The molecule has 1 fully saturated rings. The average molecular weight is 366 g/mol. The molecule has 0 N–H and O–H groups in total. The molecule has 2 aromatic rings. The highest BCUT2D eigenvalue weighted by Gasteiger charge is 2.54. The van der Waals surface area contributed by atoms with E-state index in [1.54, 1.807) is 24.7 Å². The van der Waals surface area contributed by atoms with Crippen LogP contribution in [0.25, 0.3) is 0 Å². The minimum atomic E-state index is -0.447. The summed E-state index contributed by atoms with van der Waals surface area (Å²) in [6.45, 7) is 5.86. The Morgan fingerprint density at radius 1 is 1.19 bits per heavy atom. The van der Waals surface area contributed by atoms with Crippen LogP contribution in [-0.4, -0.2) is 18.0 Å². The second kappa shape index (κ2) is 6.41. The summed E-state index contributed by atoms with van der Waals surface area (Å²) in [7, 11) is 0. The predicted octanol–water partition coefficient (Wildman–Crippen LogP) is 4.53. The first kappa shape index (κ1) is 17.6. The van der Waals surface area contributed by atoms with Gasteiger partial charge in [-0.2, -0.15) is 0 Å². The van der Waals surface area contributed by atoms with Crippen molar-refractivity contribution in [2.75, 3.05) is 0 Å². The Morgan fingerprint density at radius 3 is 2.59 bits per heavy atom. The fourth-order valence-corrected chi connectivity index (χ4v) is 4.23. The summed E-state index contributed by atoms with van der Waals surface area (Å²) in [4.78, 5) is 25.1. The van der Waals surface area contributed by atoms with Crippen molar-refractivity contribution in [2.45, 2.75) is 45.8 Å². The zero-order valence-electron chi connectivity index (χ0n) is 15.7. The summed E-state index contributed by atoms with van der Waals surface area (Å²) in [5, 5.41) is 0. The largest absolute Gasteiger partial charge is 0.472 e. The van der Waals surface area contributed by atoms with Crippen LogP contribution in [0.15, 0.2) is 58.4 Å². The van der Waals surface area contributed by atoms with E-state index in [1.165, 1.54) is 0 Å². The third-order valence-corrected chi connectivity index (χ3v) is 5.76. The van der Waals surface area contributed by atoms with Crippen LogP contribution in [0.2, 0.25) is 0 Å². The number of furan rings is 1. The standard InChI is InChI=1S/C22H22O5/c1-13-4-6-15(7-5-13)20(23)26-17-8-10-22(3)18(14(17)2)21(24)27-19(22)16-9-11-25-12-16/h4-7,9,11-12,17,19H,8,10H2,1-3H3/t17-,19+,22-/m1/s1. The van der Waals surface area contributed by atoms with Gasteiger partial charge in [-0.25, -0.2) is 9.59 Å². The number of esters is 2. The zero-order chi connectivity index (χ0) is 19.2. The summed E-state index contributed by atoms with van der Waals surface area (Å²) in [6.07, 6.45) is 3.74. The molecule has 2 aliphatic rings. The summed E-state index contributed by atoms with van der Waals surface area (Å²) < 4.78 is 16.6. The normalized spacial score (nSPS) is 27.3. The van der Waals surface area contributed by atoms with Gasteiger partial charge in [-0.3, -0.25) is 0 Å². The molecular formula is C22H22O5. The van der Waals surface area contributed by atoms with Gasteiger partial charge in [0.05, 0.1) is 18.1 Å². The Labute approximate surface area is 158 Å². The van der Waals surface area contributed by atoms with Gasteiger partial charge in [-0.1, -0.05) is 24.6 Å². The molecule has 0 spiro atoms. The van der Waals surface area contributed by atoms with E-state index in [0.29, 0.717) is 24.0 Å². The molecule has 1 aromatic heterocycles. The molecule has 0 amide bonds. The van der Waals surface area contributed by atoms with E-state index < -0.39 is 11.5 Å². The first-order valence-electron chi connectivity index (χ1n) is 9.12. The fourth-order valence-electron chi connectivity index (χ4n) is 4.23. The van der Waals surface area contributed by atoms with E-state index >= 15 is 0 Å². The van der Waals surface area contributed by atoms with Crippen molar-refractivity contribution in [1.82, 2.24) is 0 Å². The number of rotatable bonds is 3. The highest BCUT2D eigenvalue weighted by atomic mass is 16.6. The van der Waals surface area contributed by atoms with Crippen molar-refractivity contribution in [2.24, 2.45) is 5.41 Å². The second-order valence-corrected chi connectivity index (χ2v) is 7.62. The van der Waals surface area contributed by atoms with Gasteiger partial charge in [-0.15, -0.1) is 0 Å². The smallest absolute Gasteiger partial charge is 0.338 e. The van der Waals surface area contributed by atoms with Crippen LogP contribution in [0, 0.1) is 12.3 Å². The summed E-state index contributed by atoms with van der Waals surface area (Å²) >= 11 is 0. The first-order chi connectivity index (χ1) is 12.9. The average Bonchev–Trinajstić information content (AvgIpc) is 3.25. The van der Waals surface area contributed by atoms with Gasteiger partial charge >= 0.3 is 11.9 Å². The molecule has 1 aliphatic carbocycles. The lowest BCUT2D eigenvalue weighted by molar-refractivity contribution is -0.140. The number of hydrogen-bond donors (Lipinski definition) is 0. The van der Waals surface area contributed by atoms with Crippen molar-refractivity contribution in [3.63, 3.8) is 0 Å². The van der Waals surface area contributed by atoms with Gasteiger partial charge in [0.1, 0.15) is 12.2 Å². The number of hydrogen-bond acceptors (Lipinski definition) is 5. The van der Waals surface area contributed by atoms with Crippen LogP contribution in [0.3, 0.4) is 0 Å². The Morgan fingerprint density at radius 2 is 1.93 bits per heavy atom. The van der Waals surface area contributed by atoms with Gasteiger partial charge in [-0.05, 0) is 50.5 Å². The van der Waals surface area contributed by atoms with Crippen molar-refractivity contribution in [3.8, 4) is 0 Å². The van der Waals surface area contributed by atoms with Gasteiger partial charge < -0.3 is 13.9 Å². The molecule has 3 atom stereocenters. The molecule has 4 rings (SSSR count). The van der Waals surface area contributed by atoms with Crippen molar-refractivity contribution in [3.05, 3.63) is 70.7 Å². The van der Waals surface area contributed by atoms with Crippen molar-refractivity contribution < 1.29 is 23.5 Å². The van der Waals surface area contributed by atoms with Crippen molar-refractivity contribution in [1.29, 1.82) is 0 Å². The molecule has 1 saturated heterocycles. The molecular weight excluding hydrogens is 344 g/mol. The maximum Gasteiger partial charge on any atom is 0.338 e. The number of carbonyl (C=O) groups is 2. The third-order valence-electron chi connectivity index (χ3n) is 5.76. The molecule has 5 heteroatoms. The van der Waals surface area contributed by atoms with Crippen LogP contribution in [-0.2, 0) is 14.3 Å². The number of aryl methyl sites for hydroxylation is 1. The van der Waals surface area contributed by atoms with E-state index in [9.17, 15) is 9.59 Å².